The molecule has 2 saturated heterocycles. The van der Waals surface area contributed by atoms with Gasteiger partial charge in [-0.1, -0.05) is 12.1 Å². The molecule has 3 N–H and O–H groups in total. The van der Waals surface area contributed by atoms with E-state index in [1.807, 2.05) is 4.90 Å². The lowest BCUT2D eigenvalue weighted by Crippen LogP contribution is -2.50. The number of primary amides is 1. The molecule has 1 aromatic rings. The van der Waals surface area contributed by atoms with Crippen LogP contribution in [0.4, 0.5) is 5.69 Å². The molecule has 142 valence electrons. The summed E-state index contributed by atoms with van der Waals surface area (Å²) >= 11 is 0. The first kappa shape index (κ1) is 18.7. The summed E-state index contributed by atoms with van der Waals surface area (Å²) < 4.78 is 0. The van der Waals surface area contributed by atoms with Crippen molar-refractivity contribution in [2.24, 2.45) is 11.7 Å². The number of rotatable bonds is 5. The smallest absolute Gasteiger partial charge is 0.231 e. The first-order valence-electron chi connectivity index (χ1n) is 9.64. The molecule has 2 aliphatic rings. The Morgan fingerprint density at radius 2 is 1.96 bits per heavy atom. The third kappa shape index (κ3) is 4.97. The maximum absolute atomic E-state index is 12.6. The van der Waals surface area contributed by atoms with Crippen LogP contribution in [0.25, 0.3) is 0 Å². The van der Waals surface area contributed by atoms with E-state index in [4.69, 9.17) is 5.73 Å². The van der Waals surface area contributed by atoms with Gasteiger partial charge < -0.3 is 16.0 Å². The average Bonchev–Trinajstić information content (AvgIpc) is 2.62. The standard InChI is InChI=1S/C20H30N4O2/c1-15-4-2-6-18(12-15)24-10-7-17(8-11-24)22-20(26)16-5-3-9-23(13-16)14-19(21)25/h2,4,6,12,16-17H,3,5,7-11,13-14H2,1H3,(H2,21,25)(H,22,26). The fraction of sp³-hybridized carbons (Fsp3) is 0.600. The van der Waals surface area contributed by atoms with Crippen LogP contribution in [0, 0.1) is 12.8 Å². The summed E-state index contributed by atoms with van der Waals surface area (Å²) in [7, 11) is 0. The Hall–Kier alpha value is -2.08. The highest BCUT2D eigenvalue weighted by atomic mass is 16.2. The number of hydrogen-bond acceptors (Lipinski definition) is 4. The van der Waals surface area contributed by atoms with Crippen LogP contribution in [0.1, 0.15) is 31.2 Å². The van der Waals surface area contributed by atoms with Crippen molar-refractivity contribution in [1.82, 2.24) is 10.2 Å². The van der Waals surface area contributed by atoms with E-state index in [9.17, 15) is 9.59 Å². The highest BCUT2D eigenvalue weighted by molar-refractivity contribution is 5.80. The molecule has 0 aromatic heterocycles. The Morgan fingerprint density at radius 3 is 2.65 bits per heavy atom. The van der Waals surface area contributed by atoms with E-state index in [0.717, 1.165) is 45.3 Å². The molecule has 0 bridgehead atoms. The number of carbonyl (C=O) groups excluding carboxylic acids is 2. The molecule has 6 nitrogen and oxygen atoms in total. The monoisotopic (exact) mass is 358 g/mol. The van der Waals surface area contributed by atoms with Crippen LogP contribution < -0.4 is 16.0 Å². The number of nitrogens with two attached hydrogens (primary N) is 1. The van der Waals surface area contributed by atoms with E-state index < -0.39 is 0 Å². The lowest BCUT2D eigenvalue weighted by atomic mass is 9.95. The maximum Gasteiger partial charge on any atom is 0.231 e. The van der Waals surface area contributed by atoms with Crippen molar-refractivity contribution in [3.63, 3.8) is 0 Å². The minimum atomic E-state index is -0.324. The lowest BCUT2D eigenvalue weighted by Gasteiger charge is -2.36. The van der Waals surface area contributed by atoms with Crippen molar-refractivity contribution in [3.8, 4) is 0 Å². The molecular formula is C20H30N4O2. The summed E-state index contributed by atoms with van der Waals surface area (Å²) in [4.78, 5) is 28.1. The van der Waals surface area contributed by atoms with Gasteiger partial charge in [-0.2, -0.15) is 0 Å². The Bertz CT molecular complexity index is 640. The van der Waals surface area contributed by atoms with Gasteiger partial charge in [0.2, 0.25) is 11.8 Å². The zero-order valence-electron chi connectivity index (χ0n) is 15.6. The van der Waals surface area contributed by atoms with Crippen LogP contribution in [-0.2, 0) is 9.59 Å². The van der Waals surface area contributed by atoms with Crippen LogP contribution >= 0.6 is 0 Å². The number of nitrogens with zero attached hydrogens (tertiary/aromatic N) is 2. The predicted molar refractivity (Wildman–Crippen MR) is 103 cm³/mol. The van der Waals surface area contributed by atoms with Gasteiger partial charge in [0.25, 0.3) is 0 Å². The summed E-state index contributed by atoms with van der Waals surface area (Å²) in [5.41, 5.74) is 7.82. The van der Waals surface area contributed by atoms with Gasteiger partial charge in [-0.3, -0.25) is 14.5 Å². The first-order valence-corrected chi connectivity index (χ1v) is 9.64. The summed E-state index contributed by atoms with van der Waals surface area (Å²) in [5, 5.41) is 3.24. The van der Waals surface area contributed by atoms with E-state index in [1.54, 1.807) is 0 Å². The van der Waals surface area contributed by atoms with E-state index in [0.29, 0.717) is 6.54 Å². The molecule has 0 saturated carbocycles. The van der Waals surface area contributed by atoms with Crippen LogP contribution in [0.3, 0.4) is 0 Å². The number of hydrogen-bond donors (Lipinski definition) is 2. The Kier molecular flexibility index (Phi) is 6.14. The fourth-order valence-electron chi connectivity index (χ4n) is 4.06. The molecule has 3 rings (SSSR count). The minimum absolute atomic E-state index is 0.0297. The molecule has 0 aliphatic carbocycles. The first-order chi connectivity index (χ1) is 12.5. The number of amides is 2. The highest BCUT2D eigenvalue weighted by Gasteiger charge is 2.29. The van der Waals surface area contributed by atoms with Gasteiger partial charge in [0, 0.05) is 31.4 Å². The minimum Gasteiger partial charge on any atom is -0.371 e. The molecule has 2 amide bonds. The number of piperidine rings is 2. The number of nitrogens with one attached hydrogen (secondary N) is 1. The number of anilines is 1. The number of aryl methyl sites for hydroxylation is 1. The quantitative estimate of drug-likeness (QED) is 0.831. The molecule has 1 aromatic carbocycles. The molecule has 26 heavy (non-hydrogen) atoms. The fourth-order valence-corrected chi connectivity index (χ4v) is 4.06. The van der Waals surface area contributed by atoms with Gasteiger partial charge in [0.1, 0.15) is 0 Å². The molecule has 0 spiro atoms. The second-order valence-electron chi connectivity index (χ2n) is 7.65. The SMILES string of the molecule is Cc1cccc(N2CCC(NC(=O)C3CCCN(CC(N)=O)C3)CC2)c1. The zero-order chi connectivity index (χ0) is 18.5. The average molecular weight is 358 g/mol. The van der Waals surface area contributed by atoms with Crippen molar-refractivity contribution in [1.29, 1.82) is 0 Å². The molecular weight excluding hydrogens is 328 g/mol. The van der Waals surface area contributed by atoms with Gasteiger partial charge >= 0.3 is 0 Å². The van der Waals surface area contributed by atoms with Crippen molar-refractivity contribution >= 4 is 17.5 Å². The van der Waals surface area contributed by atoms with Gasteiger partial charge in [-0.15, -0.1) is 0 Å². The van der Waals surface area contributed by atoms with Crippen molar-refractivity contribution < 1.29 is 9.59 Å². The summed E-state index contributed by atoms with van der Waals surface area (Å²) in [6.45, 7) is 5.78. The largest absolute Gasteiger partial charge is 0.371 e. The van der Waals surface area contributed by atoms with Crippen LogP contribution in [0.15, 0.2) is 24.3 Å². The predicted octanol–water partition coefficient (Wildman–Crippen LogP) is 1.28. The van der Waals surface area contributed by atoms with Crippen molar-refractivity contribution in [2.45, 2.75) is 38.6 Å². The molecule has 2 fully saturated rings. The number of benzene rings is 1. The third-order valence-electron chi connectivity index (χ3n) is 5.46. The molecule has 6 heteroatoms. The molecule has 2 aliphatic heterocycles. The van der Waals surface area contributed by atoms with Crippen molar-refractivity contribution in [3.05, 3.63) is 29.8 Å². The summed E-state index contributed by atoms with van der Waals surface area (Å²) in [6.07, 6.45) is 3.77. The van der Waals surface area contributed by atoms with Gasteiger partial charge in [0.05, 0.1) is 12.5 Å². The van der Waals surface area contributed by atoms with Crippen molar-refractivity contribution in [2.75, 3.05) is 37.6 Å². The van der Waals surface area contributed by atoms with E-state index in [1.165, 1.54) is 11.3 Å². The highest BCUT2D eigenvalue weighted by Crippen LogP contribution is 2.22. The molecule has 1 unspecified atom stereocenters. The number of likely N-dealkylation sites (tertiary alicyclic amines) is 1. The van der Waals surface area contributed by atoms with Gasteiger partial charge in [0.15, 0.2) is 0 Å². The topological polar surface area (TPSA) is 78.7 Å². The third-order valence-corrected chi connectivity index (χ3v) is 5.46. The molecule has 2 heterocycles. The van der Waals surface area contributed by atoms with Gasteiger partial charge in [-0.25, -0.2) is 0 Å². The zero-order valence-corrected chi connectivity index (χ0v) is 15.6. The van der Waals surface area contributed by atoms with E-state index in [2.05, 4.69) is 41.4 Å². The molecule has 1 atom stereocenters. The molecule has 0 radical (unpaired) electrons. The second kappa shape index (κ2) is 8.54. The van der Waals surface area contributed by atoms with E-state index >= 15 is 0 Å². The summed E-state index contributed by atoms with van der Waals surface area (Å²) in [6, 6.07) is 8.83. The lowest BCUT2D eigenvalue weighted by molar-refractivity contribution is -0.129. The van der Waals surface area contributed by atoms with E-state index in [-0.39, 0.29) is 30.3 Å². The Balaban J connectivity index is 1.46. The van der Waals surface area contributed by atoms with Crippen LogP contribution in [-0.4, -0.2) is 55.5 Å². The number of carbonyl (C=O) groups is 2. The van der Waals surface area contributed by atoms with Gasteiger partial charge in [-0.05, 0) is 56.8 Å². The second-order valence-corrected chi connectivity index (χ2v) is 7.65. The maximum atomic E-state index is 12.6. The van der Waals surface area contributed by atoms with Crippen LogP contribution in [0.2, 0.25) is 0 Å². The Labute approximate surface area is 155 Å². The normalized spacial score (nSPS) is 22.2. The Morgan fingerprint density at radius 1 is 1.19 bits per heavy atom. The summed E-state index contributed by atoms with van der Waals surface area (Å²) in [5.74, 6) is -0.222. The van der Waals surface area contributed by atoms with Crippen LogP contribution in [0.5, 0.6) is 0 Å².